The first kappa shape index (κ1) is 19.1. The number of ether oxygens (including phenoxy) is 1. The lowest BCUT2D eigenvalue weighted by Gasteiger charge is -2.21. The molecule has 2 rings (SSSR count). The summed E-state index contributed by atoms with van der Waals surface area (Å²) in [5.74, 6) is 1.10. The maximum absolute atomic E-state index is 12.0. The highest BCUT2D eigenvalue weighted by molar-refractivity contribution is 5.96. The molecule has 0 bridgehead atoms. The molecule has 1 unspecified atom stereocenters. The fourth-order valence-corrected chi connectivity index (χ4v) is 2.91. The van der Waals surface area contributed by atoms with Crippen LogP contribution in [0.5, 0.6) is 5.75 Å². The molecule has 1 saturated heterocycles. The standard InChI is InChI=1S/C18H28N4O3/c1-3-19-18(22-11-8-14(12-22)13-25-2)21-10-9-20-17(24)15-6-4-5-7-16(15)23/h4-7,14,23H,3,8-13H2,1-2H3,(H,19,21)(H,20,24). The smallest absolute Gasteiger partial charge is 0.255 e. The van der Waals surface area contributed by atoms with Crippen LogP contribution >= 0.6 is 0 Å². The number of hydrogen-bond donors (Lipinski definition) is 3. The lowest BCUT2D eigenvalue weighted by Crippen LogP contribution is -2.40. The zero-order valence-corrected chi connectivity index (χ0v) is 15.0. The first-order chi connectivity index (χ1) is 12.2. The van der Waals surface area contributed by atoms with Crippen molar-refractivity contribution in [1.82, 2.24) is 15.5 Å². The zero-order chi connectivity index (χ0) is 18.1. The molecule has 25 heavy (non-hydrogen) atoms. The predicted molar refractivity (Wildman–Crippen MR) is 98.0 cm³/mol. The highest BCUT2D eigenvalue weighted by Gasteiger charge is 2.24. The molecule has 1 aromatic rings. The van der Waals surface area contributed by atoms with E-state index in [1.54, 1.807) is 25.3 Å². The first-order valence-electron chi connectivity index (χ1n) is 8.74. The van der Waals surface area contributed by atoms with Crippen LogP contribution in [-0.4, -0.2) is 68.3 Å². The van der Waals surface area contributed by atoms with Gasteiger partial charge in [0.2, 0.25) is 0 Å². The zero-order valence-electron chi connectivity index (χ0n) is 15.0. The molecule has 1 amide bonds. The van der Waals surface area contributed by atoms with E-state index in [4.69, 9.17) is 4.74 Å². The number of aromatic hydroxyl groups is 1. The first-order valence-corrected chi connectivity index (χ1v) is 8.74. The third-order valence-electron chi connectivity index (χ3n) is 4.13. The minimum Gasteiger partial charge on any atom is -0.507 e. The number of likely N-dealkylation sites (tertiary alicyclic amines) is 1. The molecule has 0 radical (unpaired) electrons. The van der Waals surface area contributed by atoms with E-state index < -0.39 is 0 Å². The second-order valence-corrected chi connectivity index (χ2v) is 6.06. The molecule has 1 fully saturated rings. The molecule has 0 saturated carbocycles. The lowest BCUT2D eigenvalue weighted by atomic mass is 10.1. The molecule has 0 aliphatic carbocycles. The molecule has 7 nitrogen and oxygen atoms in total. The maximum atomic E-state index is 12.0. The van der Waals surface area contributed by atoms with Crippen LogP contribution in [0.15, 0.2) is 29.3 Å². The van der Waals surface area contributed by atoms with E-state index in [-0.39, 0.29) is 17.2 Å². The number of carbonyl (C=O) groups is 1. The number of amides is 1. The summed E-state index contributed by atoms with van der Waals surface area (Å²) in [6.07, 6.45) is 1.10. The fourth-order valence-electron chi connectivity index (χ4n) is 2.91. The number of methoxy groups -OCH3 is 1. The Morgan fingerprint density at radius 1 is 1.40 bits per heavy atom. The molecule has 138 valence electrons. The van der Waals surface area contributed by atoms with Gasteiger partial charge >= 0.3 is 0 Å². The van der Waals surface area contributed by atoms with E-state index in [1.807, 2.05) is 6.92 Å². The second-order valence-electron chi connectivity index (χ2n) is 6.06. The van der Waals surface area contributed by atoms with Gasteiger partial charge in [-0.1, -0.05) is 12.1 Å². The molecular formula is C18H28N4O3. The van der Waals surface area contributed by atoms with Gasteiger partial charge < -0.3 is 25.4 Å². The van der Waals surface area contributed by atoms with Crippen LogP contribution in [0.4, 0.5) is 0 Å². The number of guanidine groups is 1. The van der Waals surface area contributed by atoms with Crippen LogP contribution in [0.3, 0.4) is 0 Å². The van der Waals surface area contributed by atoms with Crippen molar-refractivity contribution >= 4 is 11.9 Å². The summed E-state index contributed by atoms with van der Waals surface area (Å²) in [5.41, 5.74) is 0.278. The third-order valence-corrected chi connectivity index (χ3v) is 4.13. The van der Waals surface area contributed by atoms with E-state index in [0.717, 1.165) is 38.6 Å². The van der Waals surface area contributed by atoms with Crippen LogP contribution in [0.1, 0.15) is 23.7 Å². The molecule has 0 aromatic heterocycles. The van der Waals surface area contributed by atoms with Crippen molar-refractivity contribution in [3.05, 3.63) is 29.8 Å². The fraction of sp³-hybridized carbons (Fsp3) is 0.556. The average molecular weight is 348 g/mol. The Hall–Kier alpha value is -2.28. The molecule has 1 heterocycles. The molecule has 0 spiro atoms. The van der Waals surface area contributed by atoms with E-state index in [9.17, 15) is 9.90 Å². The summed E-state index contributed by atoms with van der Waals surface area (Å²) in [4.78, 5) is 18.9. The molecule has 1 atom stereocenters. The summed E-state index contributed by atoms with van der Waals surface area (Å²) in [7, 11) is 1.73. The summed E-state index contributed by atoms with van der Waals surface area (Å²) in [5, 5.41) is 15.8. The number of para-hydroxylation sites is 1. The maximum Gasteiger partial charge on any atom is 0.255 e. The van der Waals surface area contributed by atoms with Gasteiger partial charge in [0.15, 0.2) is 5.96 Å². The van der Waals surface area contributed by atoms with Gasteiger partial charge in [0.25, 0.3) is 5.91 Å². The van der Waals surface area contributed by atoms with Crippen LogP contribution in [0.25, 0.3) is 0 Å². The Bertz CT molecular complexity index is 591. The molecule has 1 aliphatic heterocycles. The molecule has 3 N–H and O–H groups in total. The second kappa shape index (κ2) is 9.88. The van der Waals surface area contributed by atoms with E-state index in [1.165, 1.54) is 6.07 Å². The van der Waals surface area contributed by atoms with Gasteiger partial charge in [-0.05, 0) is 25.5 Å². The Morgan fingerprint density at radius 2 is 2.20 bits per heavy atom. The van der Waals surface area contributed by atoms with Gasteiger partial charge in [0, 0.05) is 39.2 Å². The monoisotopic (exact) mass is 348 g/mol. The van der Waals surface area contributed by atoms with Crippen molar-refractivity contribution < 1.29 is 14.6 Å². The van der Waals surface area contributed by atoms with Crippen molar-refractivity contribution in [1.29, 1.82) is 0 Å². The Morgan fingerprint density at radius 3 is 2.92 bits per heavy atom. The van der Waals surface area contributed by atoms with Crippen LogP contribution < -0.4 is 10.6 Å². The van der Waals surface area contributed by atoms with E-state index in [2.05, 4.69) is 20.5 Å². The number of phenols is 1. The van der Waals surface area contributed by atoms with Gasteiger partial charge in [0.1, 0.15) is 5.75 Å². The average Bonchev–Trinajstić information content (AvgIpc) is 3.06. The molecule has 1 aliphatic rings. The van der Waals surface area contributed by atoms with E-state index in [0.29, 0.717) is 19.0 Å². The highest BCUT2D eigenvalue weighted by Crippen LogP contribution is 2.16. The van der Waals surface area contributed by atoms with Crippen molar-refractivity contribution in [3.63, 3.8) is 0 Å². The number of hydrogen-bond acceptors (Lipinski definition) is 4. The molecule has 1 aromatic carbocycles. The van der Waals surface area contributed by atoms with Gasteiger partial charge in [0.05, 0.1) is 18.7 Å². The summed E-state index contributed by atoms with van der Waals surface area (Å²) in [6, 6.07) is 6.50. The van der Waals surface area contributed by atoms with Gasteiger partial charge in [-0.2, -0.15) is 0 Å². The number of aliphatic imine (C=N–C) groups is 1. The normalized spacial score (nSPS) is 17.6. The summed E-state index contributed by atoms with van der Waals surface area (Å²) in [6.45, 7) is 6.40. The van der Waals surface area contributed by atoms with Crippen LogP contribution in [0.2, 0.25) is 0 Å². The quantitative estimate of drug-likeness (QED) is 0.390. The number of nitrogens with zero attached hydrogens (tertiary/aromatic N) is 2. The van der Waals surface area contributed by atoms with Crippen molar-refractivity contribution in [2.45, 2.75) is 13.3 Å². The molecular weight excluding hydrogens is 320 g/mol. The number of rotatable bonds is 7. The lowest BCUT2D eigenvalue weighted by molar-refractivity contribution is 0.0952. The minimum atomic E-state index is -0.292. The largest absolute Gasteiger partial charge is 0.507 e. The Kier molecular flexibility index (Phi) is 7.53. The highest BCUT2D eigenvalue weighted by atomic mass is 16.5. The number of carbonyl (C=O) groups excluding carboxylic acids is 1. The summed E-state index contributed by atoms with van der Waals surface area (Å²) >= 11 is 0. The van der Waals surface area contributed by atoms with Gasteiger partial charge in [-0.15, -0.1) is 0 Å². The van der Waals surface area contributed by atoms with Gasteiger partial charge in [-0.3, -0.25) is 9.79 Å². The Labute approximate surface area is 149 Å². The van der Waals surface area contributed by atoms with Crippen LogP contribution in [0, 0.1) is 5.92 Å². The topological polar surface area (TPSA) is 86.2 Å². The number of phenolic OH excluding ortho intramolecular Hbond substituents is 1. The SMILES string of the molecule is CCNC(=NCCNC(=O)c1ccccc1O)N1CCC(COC)C1. The third kappa shape index (κ3) is 5.63. The Balaban J connectivity index is 1.83. The summed E-state index contributed by atoms with van der Waals surface area (Å²) < 4.78 is 5.24. The van der Waals surface area contributed by atoms with Crippen molar-refractivity contribution in [2.75, 3.05) is 46.4 Å². The predicted octanol–water partition coefficient (Wildman–Crippen LogP) is 1.06. The molecule has 7 heteroatoms. The van der Waals surface area contributed by atoms with E-state index >= 15 is 0 Å². The number of nitrogens with one attached hydrogen (secondary N) is 2. The van der Waals surface area contributed by atoms with Crippen molar-refractivity contribution in [3.8, 4) is 5.75 Å². The number of benzene rings is 1. The van der Waals surface area contributed by atoms with Crippen LogP contribution in [-0.2, 0) is 4.74 Å². The minimum absolute atomic E-state index is 0.0157. The van der Waals surface area contributed by atoms with Crippen molar-refractivity contribution in [2.24, 2.45) is 10.9 Å². The van der Waals surface area contributed by atoms with Gasteiger partial charge in [-0.25, -0.2) is 0 Å².